The first-order valence-electron chi connectivity index (χ1n) is 14.9. The van der Waals surface area contributed by atoms with Gasteiger partial charge in [-0.2, -0.15) is 0 Å². The molecule has 0 spiro atoms. The van der Waals surface area contributed by atoms with E-state index in [2.05, 4.69) is 142 Å². The molecule has 0 amide bonds. The van der Waals surface area contributed by atoms with Crippen molar-refractivity contribution in [1.29, 1.82) is 0 Å². The Hall–Kier alpha value is -2.74. The zero-order valence-electron chi connectivity index (χ0n) is 25.8. The zero-order chi connectivity index (χ0) is 28.9. The Bertz CT molecular complexity index is 1170. The Morgan fingerprint density at radius 2 is 1.45 bits per heavy atom. The first kappa shape index (κ1) is 30.2. The second kappa shape index (κ2) is 13.3. The van der Waals surface area contributed by atoms with Gasteiger partial charge in [0.25, 0.3) is 0 Å². The summed E-state index contributed by atoms with van der Waals surface area (Å²) in [5.74, 6) is 1.90. The highest BCUT2D eigenvalue weighted by Crippen LogP contribution is 2.42. The highest BCUT2D eigenvalue weighted by molar-refractivity contribution is 6.77. The minimum Gasteiger partial charge on any atom is -0.414 e. The molecular weight excluding hydrogens is 510 g/mol. The van der Waals surface area contributed by atoms with Crippen molar-refractivity contribution >= 4 is 20.0 Å². The van der Waals surface area contributed by atoms with E-state index in [0.29, 0.717) is 16.6 Å². The molecule has 4 rings (SSSR count). The average Bonchev–Trinajstić information content (AvgIpc) is 3.24. The summed E-state index contributed by atoms with van der Waals surface area (Å²) in [6.07, 6.45) is 2.82. The van der Waals surface area contributed by atoms with Crippen LogP contribution in [0.2, 0.25) is 16.6 Å². The van der Waals surface area contributed by atoms with Crippen LogP contribution in [0.1, 0.15) is 52.7 Å². The largest absolute Gasteiger partial charge is 0.414 e. The standard InChI is InChI=1S/C33H49N5OSi/c1-25(2)40(26(3)4,27(5)6)39-23-30-22-38(33(37(30)8)19-28-15-11-9-12-16-28)32-20-31(34-24-35-32)36(7)21-29-17-13-10-14-18-29/h9-18,20,24-27,30,33H,19,21-23H2,1-8H3/t30-,33+/m0/s1. The number of nitrogens with zero attached hydrogens (tertiary/aromatic N) is 5. The normalized spacial score (nSPS) is 18.3. The molecule has 2 heterocycles. The lowest BCUT2D eigenvalue weighted by atomic mass is 10.1. The van der Waals surface area contributed by atoms with Gasteiger partial charge in [-0.25, -0.2) is 9.97 Å². The van der Waals surface area contributed by atoms with Crippen molar-refractivity contribution in [2.45, 2.75) is 83.3 Å². The quantitative estimate of drug-likeness (QED) is 0.223. The lowest BCUT2D eigenvalue weighted by molar-refractivity contribution is 0.159. The monoisotopic (exact) mass is 559 g/mol. The zero-order valence-corrected chi connectivity index (χ0v) is 26.8. The molecule has 2 aromatic carbocycles. The van der Waals surface area contributed by atoms with Gasteiger partial charge in [0.05, 0.1) is 18.8 Å². The van der Waals surface area contributed by atoms with Crippen molar-refractivity contribution in [2.75, 3.05) is 37.0 Å². The van der Waals surface area contributed by atoms with Crippen LogP contribution in [0.4, 0.5) is 11.6 Å². The van der Waals surface area contributed by atoms with Crippen molar-refractivity contribution in [3.05, 3.63) is 84.2 Å². The van der Waals surface area contributed by atoms with Crippen molar-refractivity contribution < 1.29 is 4.43 Å². The third-order valence-corrected chi connectivity index (χ3v) is 15.0. The van der Waals surface area contributed by atoms with Crippen molar-refractivity contribution in [3.63, 3.8) is 0 Å². The molecule has 7 heteroatoms. The summed E-state index contributed by atoms with van der Waals surface area (Å²) in [7, 11) is 2.40. The molecule has 40 heavy (non-hydrogen) atoms. The molecule has 2 atom stereocenters. The molecule has 3 aromatic rings. The van der Waals surface area contributed by atoms with E-state index in [0.717, 1.165) is 37.8 Å². The van der Waals surface area contributed by atoms with Gasteiger partial charge in [0.2, 0.25) is 0 Å². The molecule has 1 fully saturated rings. The molecule has 0 unspecified atom stereocenters. The van der Waals surface area contributed by atoms with Crippen LogP contribution in [-0.2, 0) is 17.4 Å². The third-order valence-electron chi connectivity index (χ3n) is 8.89. The predicted molar refractivity (Wildman–Crippen MR) is 170 cm³/mol. The van der Waals surface area contributed by atoms with Gasteiger partial charge in [-0.3, -0.25) is 4.90 Å². The number of benzene rings is 2. The first-order valence-corrected chi connectivity index (χ1v) is 17.0. The summed E-state index contributed by atoms with van der Waals surface area (Å²) < 4.78 is 7.11. The van der Waals surface area contributed by atoms with Crippen molar-refractivity contribution in [3.8, 4) is 0 Å². The molecule has 1 saturated heterocycles. The van der Waals surface area contributed by atoms with Gasteiger partial charge >= 0.3 is 0 Å². The molecule has 6 nitrogen and oxygen atoms in total. The van der Waals surface area contributed by atoms with E-state index in [1.165, 1.54) is 11.1 Å². The Balaban J connectivity index is 1.59. The topological polar surface area (TPSA) is 44.7 Å². The van der Waals surface area contributed by atoms with Crippen LogP contribution in [0, 0.1) is 0 Å². The smallest absolute Gasteiger partial charge is 0.200 e. The maximum Gasteiger partial charge on any atom is 0.200 e. The molecule has 0 saturated carbocycles. The van der Waals surface area contributed by atoms with Crippen LogP contribution in [0.3, 0.4) is 0 Å². The molecule has 0 bridgehead atoms. The molecule has 0 N–H and O–H groups in total. The number of rotatable bonds is 12. The minimum atomic E-state index is -1.96. The number of aromatic nitrogens is 2. The summed E-state index contributed by atoms with van der Waals surface area (Å²) in [5.41, 5.74) is 4.30. The average molecular weight is 560 g/mol. The van der Waals surface area contributed by atoms with Gasteiger partial charge in [-0.05, 0) is 34.8 Å². The predicted octanol–water partition coefficient (Wildman–Crippen LogP) is 6.99. The van der Waals surface area contributed by atoms with Gasteiger partial charge in [0.15, 0.2) is 8.32 Å². The number of likely N-dealkylation sites (N-methyl/N-ethyl adjacent to an activating group) is 1. The summed E-state index contributed by atoms with van der Waals surface area (Å²) in [6.45, 7) is 16.6. The fourth-order valence-corrected chi connectivity index (χ4v) is 12.3. The van der Waals surface area contributed by atoms with Crippen LogP contribution < -0.4 is 9.80 Å². The molecular formula is C33H49N5OSi. The SMILES string of the molecule is CC(C)[Si](OC[C@@H]1CN(c2cc(N(C)Cc3ccccc3)ncn2)[C@H](Cc2ccccc2)N1C)(C(C)C)C(C)C. The van der Waals surface area contributed by atoms with Gasteiger partial charge in [-0.15, -0.1) is 0 Å². The van der Waals surface area contributed by atoms with Crippen LogP contribution in [-0.4, -0.2) is 62.6 Å². The van der Waals surface area contributed by atoms with Crippen LogP contribution in [0.5, 0.6) is 0 Å². The number of hydrogen-bond acceptors (Lipinski definition) is 6. The molecule has 0 aliphatic carbocycles. The molecule has 1 aliphatic heterocycles. The van der Waals surface area contributed by atoms with E-state index in [1.807, 2.05) is 0 Å². The fourth-order valence-electron chi connectivity index (χ4n) is 6.82. The van der Waals surface area contributed by atoms with E-state index in [9.17, 15) is 0 Å². The molecule has 0 radical (unpaired) electrons. The molecule has 1 aromatic heterocycles. The van der Waals surface area contributed by atoms with E-state index in [4.69, 9.17) is 9.41 Å². The van der Waals surface area contributed by atoms with E-state index in [1.54, 1.807) is 6.33 Å². The third kappa shape index (κ3) is 6.59. The van der Waals surface area contributed by atoms with Gasteiger partial charge in [0.1, 0.15) is 18.0 Å². The lowest BCUT2D eigenvalue weighted by Crippen LogP contribution is -2.50. The van der Waals surface area contributed by atoms with Gasteiger partial charge in [-0.1, -0.05) is 102 Å². The summed E-state index contributed by atoms with van der Waals surface area (Å²) in [4.78, 5) is 16.6. The summed E-state index contributed by atoms with van der Waals surface area (Å²) in [5, 5.41) is 0. The highest BCUT2D eigenvalue weighted by Gasteiger charge is 2.47. The number of hydrogen-bond donors (Lipinski definition) is 0. The van der Waals surface area contributed by atoms with Crippen molar-refractivity contribution in [1.82, 2.24) is 14.9 Å². The lowest BCUT2D eigenvalue weighted by Gasteiger charge is -2.43. The maximum atomic E-state index is 7.11. The summed E-state index contributed by atoms with van der Waals surface area (Å²) in [6, 6.07) is 23.8. The van der Waals surface area contributed by atoms with E-state index >= 15 is 0 Å². The van der Waals surface area contributed by atoms with Crippen molar-refractivity contribution in [2.24, 2.45) is 0 Å². The highest BCUT2D eigenvalue weighted by atomic mass is 28.4. The Morgan fingerprint density at radius 3 is 2.02 bits per heavy atom. The molecule has 1 aliphatic rings. The fraction of sp³-hybridized carbons (Fsp3) is 0.515. The van der Waals surface area contributed by atoms with Crippen LogP contribution in [0.15, 0.2) is 73.1 Å². The minimum absolute atomic E-state index is 0.186. The number of anilines is 2. The van der Waals surface area contributed by atoms with E-state index in [-0.39, 0.29) is 12.2 Å². The molecule has 216 valence electrons. The van der Waals surface area contributed by atoms with Gasteiger partial charge < -0.3 is 14.2 Å². The Labute approximate surface area is 243 Å². The second-order valence-corrected chi connectivity index (χ2v) is 17.8. The Morgan fingerprint density at radius 1 is 0.875 bits per heavy atom. The summed E-state index contributed by atoms with van der Waals surface area (Å²) >= 11 is 0. The van der Waals surface area contributed by atoms with Gasteiger partial charge in [0, 0.05) is 32.6 Å². The van der Waals surface area contributed by atoms with Crippen LogP contribution in [0.25, 0.3) is 0 Å². The Kier molecular flexibility index (Phi) is 10.0. The maximum absolute atomic E-state index is 7.11. The van der Waals surface area contributed by atoms with E-state index < -0.39 is 8.32 Å². The second-order valence-electron chi connectivity index (χ2n) is 12.3. The first-order chi connectivity index (χ1) is 19.1. The van der Waals surface area contributed by atoms with Crippen LogP contribution >= 0.6 is 0 Å².